The standard InChI is InChI=1S/C17H13N5OS/c1-11-16(17(23)22(21-11)13-5-3-2-4-6-13)20-19-12-7-8-14-15(9-12)24-10-18-14/h2-10,19,21H,1H2/b20-16+. The molecule has 118 valence electrons. The molecule has 0 radical (unpaired) electrons. The number of anilines is 2. The van der Waals surface area contributed by atoms with Gasteiger partial charge in [-0.25, -0.2) is 9.99 Å². The van der Waals surface area contributed by atoms with E-state index in [2.05, 4.69) is 27.5 Å². The van der Waals surface area contributed by atoms with E-state index in [0.29, 0.717) is 5.70 Å². The van der Waals surface area contributed by atoms with E-state index in [1.807, 2.05) is 48.5 Å². The lowest BCUT2D eigenvalue weighted by Crippen LogP contribution is -2.34. The van der Waals surface area contributed by atoms with Gasteiger partial charge in [0.05, 0.1) is 32.8 Å². The fourth-order valence-corrected chi connectivity index (χ4v) is 3.11. The predicted molar refractivity (Wildman–Crippen MR) is 96.9 cm³/mol. The van der Waals surface area contributed by atoms with Crippen LogP contribution in [0.25, 0.3) is 10.2 Å². The highest BCUT2D eigenvalue weighted by atomic mass is 32.1. The normalized spacial score (nSPS) is 16.0. The van der Waals surface area contributed by atoms with Crippen LogP contribution >= 0.6 is 11.3 Å². The van der Waals surface area contributed by atoms with Gasteiger partial charge in [-0.1, -0.05) is 24.8 Å². The van der Waals surface area contributed by atoms with Crippen LogP contribution in [0.3, 0.4) is 0 Å². The first-order valence-electron chi connectivity index (χ1n) is 7.25. The maximum absolute atomic E-state index is 12.5. The van der Waals surface area contributed by atoms with Gasteiger partial charge in [-0.2, -0.15) is 5.10 Å². The number of amides is 1. The maximum atomic E-state index is 12.5. The highest BCUT2D eigenvalue weighted by Crippen LogP contribution is 2.22. The van der Waals surface area contributed by atoms with Gasteiger partial charge >= 0.3 is 0 Å². The average molecular weight is 335 g/mol. The summed E-state index contributed by atoms with van der Waals surface area (Å²) in [6, 6.07) is 15.0. The lowest BCUT2D eigenvalue weighted by molar-refractivity contribution is -0.112. The van der Waals surface area contributed by atoms with E-state index >= 15 is 0 Å². The SMILES string of the molecule is C=C1NN(c2ccccc2)C(=O)/C1=N/Nc1ccc2ncsc2c1. The highest BCUT2D eigenvalue weighted by molar-refractivity contribution is 7.16. The van der Waals surface area contributed by atoms with Gasteiger partial charge < -0.3 is 0 Å². The topological polar surface area (TPSA) is 69.6 Å². The van der Waals surface area contributed by atoms with Crippen molar-refractivity contribution < 1.29 is 4.79 Å². The van der Waals surface area contributed by atoms with E-state index in [-0.39, 0.29) is 11.6 Å². The highest BCUT2D eigenvalue weighted by Gasteiger charge is 2.32. The number of rotatable bonds is 3. The van der Waals surface area contributed by atoms with Gasteiger partial charge in [0, 0.05) is 0 Å². The fourth-order valence-electron chi connectivity index (χ4n) is 2.39. The zero-order valence-electron chi connectivity index (χ0n) is 12.6. The Morgan fingerprint density at radius 1 is 1.21 bits per heavy atom. The molecule has 7 heteroatoms. The van der Waals surface area contributed by atoms with Crippen molar-refractivity contribution in [1.29, 1.82) is 0 Å². The number of carbonyl (C=O) groups is 1. The van der Waals surface area contributed by atoms with Gasteiger partial charge in [0.25, 0.3) is 5.91 Å². The fraction of sp³-hybridized carbons (Fsp3) is 0. The summed E-state index contributed by atoms with van der Waals surface area (Å²) < 4.78 is 1.06. The molecule has 1 aliphatic heterocycles. The third kappa shape index (κ3) is 2.50. The van der Waals surface area contributed by atoms with E-state index in [1.54, 1.807) is 16.8 Å². The molecule has 4 rings (SSSR count). The van der Waals surface area contributed by atoms with Crippen molar-refractivity contribution in [2.45, 2.75) is 0 Å². The summed E-state index contributed by atoms with van der Waals surface area (Å²) in [5.41, 5.74) is 10.8. The summed E-state index contributed by atoms with van der Waals surface area (Å²) in [6.07, 6.45) is 0. The monoisotopic (exact) mass is 335 g/mol. The van der Waals surface area contributed by atoms with Crippen LogP contribution in [0.2, 0.25) is 0 Å². The van der Waals surface area contributed by atoms with Crippen molar-refractivity contribution in [2.24, 2.45) is 5.10 Å². The number of hydrogen-bond donors (Lipinski definition) is 2. The molecule has 1 aliphatic rings. The number of benzene rings is 2. The van der Waals surface area contributed by atoms with Gasteiger partial charge in [-0.15, -0.1) is 11.3 Å². The Kier molecular flexibility index (Phi) is 3.47. The number of hydrazine groups is 1. The minimum Gasteiger partial charge on any atom is -0.289 e. The quantitative estimate of drug-likeness (QED) is 0.722. The Morgan fingerprint density at radius 3 is 2.88 bits per heavy atom. The van der Waals surface area contributed by atoms with E-state index < -0.39 is 0 Å². The predicted octanol–water partition coefficient (Wildman–Crippen LogP) is 3.13. The molecule has 24 heavy (non-hydrogen) atoms. The molecule has 3 aromatic rings. The van der Waals surface area contributed by atoms with Gasteiger partial charge in [0.1, 0.15) is 0 Å². The number of carbonyl (C=O) groups excluding carboxylic acids is 1. The molecule has 0 saturated carbocycles. The largest absolute Gasteiger partial charge is 0.299 e. The summed E-state index contributed by atoms with van der Waals surface area (Å²) in [6.45, 7) is 3.86. The molecule has 0 bridgehead atoms. The van der Waals surface area contributed by atoms with Crippen LogP contribution in [0.15, 0.2) is 71.4 Å². The number of aromatic nitrogens is 1. The second-order valence-corrected chi connectivity index (χ2v) is 6.06. The molecule has 2 heterocycles. The number of hydrazone groups is 1. The van der Waals surface area contributed by atoms with Crippen LogP contribution in [0.5, 0.6) is 0 Å². The Bertz CT molecular complexity index is 963. The summed E-state index contributed by atoms with van der Waals surface area (Å²) in [4.78, 5) is 16.8. The molecule has 1 saturated heterocycles. The molecule has 2 N–H and O–H groups in total. The van der Waals surface area contributed by atoms with E-state index in [1.165, 1.54) is 5.01 Å². The number of fused-ring (bicyclic) bond motifs is 1. The van der Waals surface area contributed by atoms with Gasteiger partial charge in [0.15, 0.2) is 5.71 Å². The van der Waals surface area contributed by atoms with Crippen LogP contribution in [0.1, 0.15) is 0 Å². The molecule has 1 fully saturated rings. The number of para-hydroxylation sites is 1. The average Bonchev–Trinajstić information content (AvgIpc) is 3.18. The second-order valence-electron chi connectivity index (χ2n) is 5.17. The van der Waals surface area contributed by atoms with E-state index in [9.17, 15) is 4.79 Å². The third-order valence-electron chi connectivity index (χ3n) is 3.58. The van der Waals surface area contributed by atoms with Crippen molar-refractivity contribution in [1.82, 2.24) is 10.4 Å². The zero-order valence-corrected chi connectivity index (χ0v) is 13.4. The molecule has 0 aliphatic carbocycles. The van der Waals surface area contributed by atoms with Gasteiger partial charge in [-0.05, 0) is 30.3 Å². The first-order valence-corrected chi connectivity index (χ1v) is 8.13. The lowest BCUT2D eigenvalue weighted by Gasteiger charge is -2.14. The second kappa shape index (κ2) is 5.78. The molecular formula is C17H13N5OS. The zero-order chi connectivity index (χ0) is 16.5. The molecule has 6 nitrogen and oxygen atoms in total. The Balaban J connectivity index is 1.57. The van der Waals surface area contributed by atoms with E-state index in [0.717, 1.165) is 21.6 Å². The first kappa shape index (κ1) is 14.4. The van der Waals surface area contributed by atoms with Crippen molar-refractivity contribution in [3.05, 3.63) is 66.3 Å². The molecule has 0 unspecified atom stereocenters. The number of thiazole rings is 1. The molecule has 0 spiro atoms. The summed E-state index contributed by atoms with van der Waals surface area (Å²) in [5, 5.41) is 5.65. The Labute approximate surface area is 142 Å². The minimum absolute atomic E-state index is 0.252. The minimum atomic E-state index is -0.252. The molecular weight excluding hydrogens is 322 g/mol. The van der Waals surface area contributed by atoms with Crippen molar-refractivity contribution >= 4 is 44.5 Å². The molecule has 2 aromatic carbocycles. The maximum Gasteiger partial charge on any atom is 0.299 e. The number of nitrogens with one attached hydrogen (secondary N) is 2. The van der Waals surface area contributed by atoms with Crippen LogP contribution < -0.4 is 15.9 Å². The number of nitrogens with zero attached hydrogens (tertiary/aromatic N) is 3. The van der Waals surface area contributed by atoms with Crippen LogP contribution in [0.4, 0.5) is 11.4 Å². The molecule has 1 aromatic heterocycles. The van der Waals surface area contributed by atoms with Crippen LogP contribution in [-0.4, -0.2) is 16.6 Å². The lowest BCUT2D eigenvalue weighted by atomic mass is 10.3. The summed E-state index contributed by atoms with van der Waals surface area (Å²) in [5.74, 6) is -0.252. The molecule has 1 amide bonds. The van der Waals surface area contributed by atoms with Crippen molar-refractivity contribution in [3.63, 3.8) is 0 Å². The summed E-state index contributed by atoms with van der Waals surface area (Å²) >= 11 is 1.55. The van der Waals surface area contributed by atoms with Gasteiger partial charge in [-0.3, -0.25) is 15.6 Å². The Morgan fingerprint density at radius 2 is 2.04 bits per heavy atom. The summed E-state index contributed by atoms with van der Waals surface area (Å²) in [7, 11) is 0. The first-order chi connectivity index (χ1) is 11.7. The third-order valence-corrected chi connectivity index (χ3v) is 4.37. The van der Waals surface area contributed by atoms with E-state index in [4.69, 9.17) is 0 Å². The number of hydrogen-bond acceptors (Lipinski definition) is 6. The molecule has 0 atom stereocenters. The van der Waals surface area contributed by atoms with Crippen molar-refractivity contribution in [2.75, 3.05) is 10.4 Å². The smallest absolute Gasteiger partial charge is 0.289 e. The Hall–Kier alpha value is -3.19. The van der Waals surface area contributed by atoms with Gasteiger partial charge in [0.2, 0.25) is 0 Å². The van der Waals surface area contributed by atoms with Crippen molar-refractivity contribution in [3.8, 4) is 0 Å². The van der Waals surface area contributed by atoms with Crippen LogP contribution in [0, 0.1) is 0 Å². The van der Waals surface area contributed by atoms with Crippen LogP contribution in [-0.2, 0) is 4.79 Å².